The van der Waals surface area contributed by atoms with E-state index < -0.39 is 11.3 Å². The molecule has 0 amide bonds. The highest BCUT2D eigenvalue weighted by Crippen LogP contribution is 2.26. The fourth-order valence-corrected chi connectivity index (χ4v) is 5.92. The number of halogens is 1. The average molecular weight is 637 g/mol. The highest BCUT2D eigenvalue weighted by molar-refractivity contribution is 7.16. The van der Waals surface area contributed by atoms with Crippen molar-refractivity contribution in [2.45, 2.75) is 13.1 Å². The first-order chi connectivity index (χ1) is 21.4. The third-order valence-electron chi connectivity index (χ3n) is 6.39. The first-order valence-electron chi connectivity index (χ1n) is 13.2. The summed E-state index contributed by atoms with van der Waals surface area (Å²) in [4.78, 5) is 48.9. The molecule has 0 aliphatic carbocycles. The van der Waals surface area contributed by atoms with Crippen LogP contribution in [0.3, 0.4) is 0 Å². The number of benzene rings is 1. The number of rotatable bonds is 8. The molecule has 5 aromatic heterocycles. The van der Waals surface area contributed by atoms with E-state index in [0.717, 1.165) is 10.4 Å². The van der Waals surface area contributed by atoms with Crippen molar-refractivity contribution in [1.82, 2.24) is 24.3 Å². The number of ketones is 1. The van der Waals surface area contributed by atoms with Crippen LogP contribution in [0.15, 0.2) is 101 Å². The summed E-state index contributed by atoms with van der Waals surface area (Å²) in [5, 5.41) is 11.4. The van der Waals surface area contributed by atoms with Crippen LogP contribution < -0.4 is 10.9 Å². The molecule has 216 valence electrons. The van der Waals surface area contributed by atoms with Gasteiger partial charge in [-0.3, -0.25) is 19.0 Å². The number of Topliss-reactive ketones (excluding diaryl/α,β-unsaturated/α-hetero) is 1. The van der Waals surface area contributed by atoms with Gasteiger partial charge in [0, 0.05) is 45.9 Å². The zero-order valence-corrected chi connectivity index (χ0v) is 25.2. The van der Waals surface area contributed by atoms with Crippen LogP contribution in [0.25, 0.3) is 11.3 Å². The van der Waals surface area contributed by atoms with Crippen molar-refractivity contribution in [2.24, 2.45) is 0 Å². The van der Waals surface area contributed by atoms with Gasteiger partial charge in [-0.05, 0) is 53.8 Å². The standard InChI is InChI=1S/C32H21ClN6O3S2/c33-28-10-9-25(44-28)18-36-29-17-26(37-39(29)32(42)22-11-14-43-20-22)23-15-24(8-7-21-5-2-1-3-6-21)38(30(41)16-23)19-27(40)31-34-12-4-13-35-31/h1-6,9-17,20,36H,18-19H2. The van der Waals surface area contributed by atoms with Gasteiger partial charge in [-0.15, -0.1) is 11.3 Å². The first kappa shape index (κ1) is 28.9. The Morgan fingerprint density at radius 1 is 0.955 bits per heavy atom. The maximum atomic E-state index is 13.5. The quantitative estimate of drug-likeness (QED) is 0.164. The number of hydrogen-bond acceptors (Lipinski definition) is 9. The third kappa shape index (κ3) is 6.58. The molecule has 0 atom stereocenters. The van der Waals surface area contributed by atoms with Gasteiger partial charge in [0.05, 0.1) is 34.4 Å². The van der Waals surface area contributed by atoms with E-state index in [1.54, 1.807) is 29.6 Å². The summed E-state index contributed by atoms with van der Waals surface area (Å²) in [5.74, 6) is 5.79. The fourth-order valence-electron chi connectivity index (χ4n) is 4.26. The second kappa shape index (κ2) is 13.0. The van der Waals surface area contributed by atoms with Crippen LogP contribution in [0.4, 0.5) is 5.82 Å². The molecular weight excluding hydrogens is 616 g/mol. The van der Waals surface area contributed by atoms with E-state index in [1.807, 2.05) is 47.8 Å². The molecule has 6 rings (SSSR count). The van der Waals surface area contributed by atoms with Crippen LogP contribution in [-0.2, 0) is 13.1 Å². The van der Waals surface area contributed by atoms with Crippen LogP contribution in [-0.4, -0.2) is 36.0 Å². The van der Waals surface area contributed by atoms with Gasteiger partial charge in [-0.25, -0.2) is 9.97 Å². The molecule has 0 radical (unpaired) electrons. The lowest BCUT2D eigenvalue weighted by molar-refractivity contribution is 0.0944. The number of pyridine rings is 1. The summed E-state index contributed by atoms with van der Waals surface area (Å²) in [6, 6.07) is 21.1. The van der Waals surface area contributed by atoms with Crippen molar-refractivity contribution in [2.75, 3.05) is 5.32 Å². The van der Waals surface area contributed by atoms with Crippen molar-refractivity contribution >= 4 is 51.8 Å². The summed E-state index contributed by atoms with van der Waals surface area (Å²) in [5.41, 5.74) is 1.86. The summed E-state index contributed by atoms with van der Waals surface area (Å²) in [6.07, 6.45) is 2.93. The Morgan fingerprint density at radius 2 is 1.77 bits per heavy atom. The van der Waals surface area contributed by atoms with Gasteiger partial charge in [0.15, 0.2) is 5.82 Å². The first-order valence-corrected chi connectivity index (χ1v) is 15.4. The minimum atomic E-state index is -0.467. The lowest BCUT2D eigenvalue weighted by Crippen LogP contribution is -2.27. The predicted molar refractivity (Wildman–Crippen MR) is 171 cm³/mol. The summed E-state index contributed by atoms with van der Waals surface area (Å²) >= 11 is 8.93. The van der Waals surface area contributed by atoms with Crippen LogP contribution in [0, 0.1) is 11.8 Å². The van der Waals surface area contributed by atoms with Crippen molar-refractivity contribution in [3.05, 3.63) is 138 Å². The maximum Gasteiger partial charge on any atom is 0.280 e. The van der Waals surface area contributed by atoms with Crippen LogP contribution in [0.2, 0.25) is 4.34 Å². The minimum absolute atomic E-state index is 0.00104. The normalized spacial score (nSPS) is 10.7. The maximum absolute atomic E-state index is 13.5. The number of carbonyl (C=O) groups excluding carboxylic acids is 2. The van der Waals surface area contributed by atoms with Crippen LogP contribution in [0.5, 0.6) is 0 Å². The van der Waals surface area contributed by atoms with E-state index in [2.05, 4.69) is 32.2 Å². The number of thiophene rings is 2. The lowest BCUT2D eigenvalue weighted by atomic mass is 10.1. The molecule has 0 spiro atoms. The van der Waals surface area contributed by atoms with Crippen molar-refractivity contribution in [3.63, 3.8) is 0 Å². The molecular formula is C32H21ClN6O3S2. The molecule has 1 N–H and O–H groups in total. The third-order valence-corrected chi connectivity index (χ3v) is 8.31. The number of hydrogen-bond donors (Lipinski definition) is 1. The molecule has 0 aliphatic heterocycles. The molecule has 12 heteroatoms. The topological polar surface area (TPSA) is 112 Å². The number of nitrogens with one attached hydrogen (secondary N) is 1. The fraction of sp³-hybridized carbons (Fsp3) is 0.0625. The minimum Gasteiger partial charge on any atom is -0.365 e. The molecule has 0 aliphatic rings. The van der Waals surface area contributed by atoms with Gasteiger partial charge in [0.2, 0.25) is 5.78 Å². The monoisotopic (exact) mass is 636 g/mol. The predicted octanol–water partition coefficient (Wildman–Crippen LogP) is 5.86. The molecule has 6 aromatic rings. The smallest absolute Gasteiger partial charge is 0.280 e. The van der Waals surface area contributed by atoms with Crippen molar-refractivity contribution < 1.29 is 9.59 Å². The molecule has 44 heavy (non-hydrogen) atoms. The Morgan fingerprint density at radius 3 is 2.50 bits per heavy atom. The van der Waals surface area contributed by atoms with E-state index in [0.29, 0.717) is 39.2 Å². The van der Waals surface area contributed by atoms with Gasteiger partial charge >= 0.3 is 0 Å². The molecule has 5 heterocycles. The van der Waals surface area contributed by atoms with Gasteiger partial charge in [0.25, 0.3) is 11.5 Å². The Bertz CT molecular complexity index is 2080. The van der Waals surface area contributed by atoms with Gasteiger partial charge in [0.1, 0.15) is 5.82 Å². The molecule has 1 aromatic carbocycles. The summed E-state index contributed by atoms with van der Waals surface area (Å²) in [6.45, 7) is 0.113. The number of anilines is 1. The zero-order valence-electron chi connectivity index (χ0n) is 22.8. The average Bonchev–Trinajstić information content (AvgIpc) is 3.82. The molecule has 0 fully saturated rings. The van der Waals surface area contributed by atoms with Crippen molar-refractivity contribution in [3.8, 4) is 23.1 Å². The van der Waals surface area contributed by atoms with Crippen LogP contribution in [0.1, 0.15) is 37.1 Å². The number of nitrogens with zero attached hydrogens (tertiary/aromatic N) is 5. The van der Waals surface area contributed by atoms with E-state index in [-0.39, 0.29) is 18.3 Å². The Labute approximate surface area is 264 Å². The summed E-state index contributed by atoms with van der Waals surface area (Å²) in [7, 11) is 0. The lowest BCUT2D eigenvalue weighted by Gasteiger charge is -2.09. The number of aromatic nitrogens is 5. The molecule has 0 unspecified atom stereocenters. The van der Waals surface area contributed by atoms with E-state index >= 15 is 0 Å². The highest BCUT2D eigenvalue weighted by Gasteiger charge is 2.20. The van der Waals surface area contributed by atoms with E-state index in [9.17, 15) is 14.4 Å². The van der Waals surface area contributed by atoms with E-state index in [4.69, 9.17) is 11.6 Å². The second-order valence-corrected chi connectivity index (χ2v) is 11.9. The van der Waals surface area contributed by atoms with Gasteiger partial charge < -0.3 is 5.32 Å². The summed E-state index contributed by atoms with van der Waals surface area (Å²) < 4.78 is 3.22. The Hall–Kier alpha value is -5.15. The SMILES string of the molecule is O=C(Cn1c(C#Cc2ccccc2)cc(-c2cc(NCc3ccc(Cl)s3)n(C(=O)c3ccsc3)n2)cc1=O)c1ncccn1. The number of carbonyl (C=O) groups is 2. The molecule has 9 nitrogen and oxygen atoms in total. The largest absolute Gasteiger partial charge is 0.365 e. The zero-order chi connectivity index (χ0) is 30.5. The Kier molecular flexibility index (Phi) is 8.56. The van der Waals surface area contributed by atoms with Gasteiger partial charge in [-0.2, -0.15) is 21.1 Å². The van der Waals surface area contributed by atoms with Crippen molar-refractivity contribution in [1.29, 1.82) is 0 Å². The highest BCUT2D eigenvalue weighted by atomic mass is 35.5. The van der Waals surface area contributed by atoms with Gasteiger partial charge in [-0.1, -0.05) is 35.7 Å². The Balaban J connectivity index is 1.41. The second-order valence-electron chi connectivity index (χ2n) is 9.37. The van der Waals surface area contributed by atoms with E-state index in [1.165, 1.54) is 50.4 Å². The molecule has 0 bridgehead atoms. The van der Waals surface area contributed by atoms with Crippen LogP contribution >= 0.6 is 34.3 Å². The molecule has 0 saturated carbocycles. The molecule has 0 saturated heterocycles.